The Balaban J connectivity index is 1.95. The first-order chi connectivity index (χ1) is 8.13. The second-order valence-corrected chi connectivity index (χ2v) is 4.91. The molecule has 1 aliphatic heterocycles. The number of non-ortho nitro benzene ring substituents is 1. The molecule has 5 heteroatoms. The van der Waals surface area contributed by atoms with Crippen LogP contribution in [0.4, 0.5) is 15.8 Å². The van der Waals surface area contributed by atoms with Gasteiger partial charge in [-0.1, -0.05) is 0 Å². The minimum absolute atomic E-state index is 0.164. The van der Waals surface area contributed by atoms with E-state index in [1.54, 1.807) is 0 Å². The Labute approximate surface area is 98.2 Å². The number of hydrogen-bond acceptors (Lipinski definition) is 3. The maximum absolute atomic E-state index is 13.4. The van der Waals surface area contributed by atoms with Crippen LogP contribution in [0, 0.1) is 21.8 Å². The van der Waals surface area contributed by atoms with Crippen LogP contribution >= 0.6 is 0 Å². The second kappa shape index (κ2) is 3.68. The molecular formula is C12H13FN2O2. The highest BCUT2D eigenvalue weighted by Crippen LogP contribution is 2.40. The minimum atomic E-state index is -0.541. The SMILES string of the molecule is O=[N+]([O-])c1cc(F)cc(N2CC3CCC2C3)c1. The van der Waals surface area contributed by atoms with E-state index in [4.69, 9.17) is 0 Å². The van der Waals surface area contributed by atoms with Crippen LogP contribution in [0.3, 0.4) is 0 Å². The van der Waals surface area contributed by atoms with Crippen LogP contribution in [-0.4, -0.2) is 17.5 Å². The summed E-state index contributed by atoms with van der Waals surface area (Å²) < 4.78 is 13.4. The highest BCUT2D eigenvalue weighted by Gasteiger charge is 2.38. The maximum atomic E-state index is 13.4. The highest BCUT2D eigenvalue weighted by molar-refractivity contribution is 5.55. The molecule has 0 N–H and O–H groups in total. The molecule has 0 amide bonds. The molecule has 17 heavy (non-hydrogen) atoms. The lowest BCUT2D eigenvalue weighted by Gasteiger charge is -2.28. The van der Waals surface area contributed by atoms with Crippen LogP contribution in [0.1, 0.15) is 19.3 Å². The standard InChI is InChI=1S/C12H13FN2O2/c13-9-4-11(6-12(5-9)15(16)17)14-7-8-1-2-10(14)3-8/h4-6,8,10H,1-3,7H2. The van der Waals surface area contributed by atoms with Crippen molar-refractivity contribution >= 4 is 11.4 Å². The van der Waals surface area contributed by atoms with Gasteiger partial charge in [-0.15, -0.1) is 0 Å². The van der Waals surface area contributed by atoms with Gasteiger partial charge in [0.15, 0.2) is 0 Å². The predicted octanol–water partition coefficient (Wildman–Crippen LogP) is 2.72. The summed E-state index contributed by atoms with van der Waals surface area (Å²) in [5.41, 5.74) is 0.492. The Kier molecular flexibility index (Phi) is 2.28. The molecule has 0 radical (unpaired) electrons. The molecule has 2 fully saturated rings. The summed E-state index contributed by atoms with van der Waals surface area (Å²) in [5, 5.41) is 10.7. The highest BCUT2D eigenvalue weighted by atomic mass is 19.1. The number of nitro groups is 1. The molecule has 2 bridgehead atoms. The van der Waals surface area contributed by atoms with Gasteiger partial charge >= 0.3 is 0 Å². The van der Waals surface area contributed by atoms with E-state index in [0.29, 0.717) is 17.6 Å². The monoisotopic (exact) mass is 236 g/mol. The summed E-state index contributed by atoms with van der Waals surface area (Å²) in [6, 6.07) is 4.29. The van der Waals surface area contributed by atoms with Crippen LogP contribution in [0.2, 0.25) is 0 Å². The average Bonchev–Trinajstić information content (AvgIpc) is 2.89. The number of halogens is 1. The van der Waals surface area contributed by atoms with Crippen LogP contribution < -0.4 is 4.90 Å². The smallest absolute Gasteiger partial charge is 0.274 e. The third-order valence-corrected chi connectivity index (χ3v) is 3.82. The van der Waals surface area contributed by atoms with E-state index in [1.807, 2.05) is 0 Å². The second-order valence-electron chi connectivity index (χ2n) is 4.91. The van der Waals surface area contributed by atoms with Gasteiger partial charge in [-0.2, -0.15) is 0 Å². The van der Waals surface area contributed by atoms with Gasteiger partial charge in [0.1, 0.15) is 5.82 Å². The molecule has 1 saturated heterocycles. The fourth-order valence-electron chi connectivity index (χ4n) is 3.07. The molecule has 4 nitrogen and oxygen atoms in total. The van der Waals surface area contributed by atoms with Crippen molar-refractivity contribution in [2.45, 2.75) is 25.3 Å². The summed E-state index contributed by atoms with van der Waals surface area (Å²) >= 11 is 0. The van der Waals surface area contributed by atoms with Gasteiger partial charge < -0.3 is 4.90 Å². The lowest BCUT2D eigenvalue weighted by molar-refractivity contribution is -0.385. The van der Waals surface area contributed by atoms with E-state index >= 15 is 0 Å². The number of hydrogen-bond donors (Lipinski definition) is 0. The van der Waals surface area contributed by atoms with Crippen LogP contribution in [0.15, 0.2) is 18.2 Å². The molecular weight excluding hydrogens is 223 g/mol. The van der Waals surface area contributed by atoms with Crippen molar-refractivity contribution in [3.05, 3.63) is 34.1 Å². The molecule has 1 aromatic carbocycles. The Bertz CT molecular complexity index is 478. The number of nitrogens with zero attached hydrogens (tertiary/aromatic N) is 2. The van der Waals surface area contributed by atoms with E-state index in [2.05, 4.69) is 4.90 Å². The van der Waals surface area contributed by atoms with Gasteiger partial charge in [0, 0.05) is 24.3 Å². The zero-order valence-electron chi connectivity index (χ0n) is 9.30. The molecule has 1 saturated carbocycles. The van der Waals surface area contributed by atoms with Gasteiger partial charge in [-0.05, 0) is 31.2 Å². The summed E-state index contributed by atoms with van der Waals surface area (Å²) in [7, 11) is 0. The molecule has 2 atom stereocenters. The Morgan fingerprint density at radius 1 is 1.35 bits per heavy atom. The number of nitro benzene ring substituents is 1. The Hall–Kier alpha value is -1.65. The summed E-state index contributed by atoms with van der Waals surface area (Å²) in [4.78, 5) is 12.3. The number of anilines is 1. The van der Waals surface area contributed by atoms with Crippen molar-refractivity contribution in [2.24, 2.45) is 5.92 Å². The number of benzene rings is 1. The van der Waals surface area contributed by atoms with Gasteiger partial charge in [-0.3, -0.25) is 10.1 Å². The van der Waals surface area contributed by atoms with Crippen molar-refractivity contribution in [2.75, 3.05) is 11.4 Å². The molecule has 1 aromatic rings. The van der Waals surface area contributed by atoms with E-state index < -0.39 is 10.7 Å². The maximum Gasteiger partial charge on any atom is 0.274 e. The Morgan fingerprint density at radius 2 is 2.18 bits per heavy atom. The molecule has 90 valence electrons. The van der Waals surface area contributed by atoms with Crippen molar-refractivity contribution in [1.29, 1.82) is 0 Å². The van der Waals surface area contributed by atoms with E-state index in [0.717, 1.165) is 25.5 Å². The van der Waals surface area contributed by atoms with Crippen molar-refractivity contribution in [3.63, 3.8) is 0 Å². The van der Waals surface area contributed by atoms with Crippen LogP contribution in [-0.2, 0) is 0 Å². The summed E-state index contributed by atoms with van der Waals surface area (Å²) in [5.74, 6) is 0.152. The number of fused-ring (bicyclic) bond motifs is 2. The zero-order chi connectivity index (χ0) is 12.0. The first kappa shape index (κ1) is 10.5. The van der Waals surface area contributed by atoms with Crippen LogP contribution in [0.25, 0.3) is 0 Å². The normalized spacial score (nSPS) is 26.5. The third kappa shape index (κ3) is 1.75. The molecule has 2 aliphatic rings. The number of piperidine rings is 1. The third-order valence-electron chi connectivity index (χ3n) is 3.82. The van der Waals surface area contributed by atoms with E-state index in [1.165, 1.54) is 18.6 Å². The molecule has 1 heterocycles. The van der Waals surface area contributed by atoms with Crippen molar-refractivity contribution in [1.82, 2.24) is 0 Å². The van der Waals surface area contributed by atoms with Crippen molar-refractivity contribution < 1.29 is 9.31 Å². The molecule has 1 aliphatic carbocycles. The lowest BCUT2D eigenvalue weighted by atomic mass is 10.1. The molecule has 0 spiro atoms. The molecule has 2 unspecified atom stereocenters. The number of rotatable bonds is 2. The molecule has 0 aromatic heterocycles. The van der Waals surface area contributed by atoms with E-state index in [-0.39, 0.29) is 5.69 Å². The molecule has 3 rings (SSSR count). The first-order valence-corrected chi connectivity index (χ1v) is 5.85. The summed E-state index contributed by atoms with van der Waals surface area (Å²) in [6.07, 6.45) is 3.50. The van der Waals surface area contributed by atoms with Gasteiger partial charge in [-0.25, -0.2) is 4.39 Å². The fraction of sp³-hybridized carbons (Fsp3) is 0.500. The topological polar surface area (TPSA) is 46.4 Å². The van der Waals surface area contributed by atoms with Gasteiger partial charge in [0.2, 0.25) is 0 Å². The van der Waals surface area contributed by atoms with Crippen LogP contribution in [0.5, 0.6) is 0 Å². The average molecular weight is 236 g/mol. The zero-order valence-corrected chi connectivity index (χ0v) is 9.30. The van der Waals surface area contributed by atoms with Gasteiger partial charge in [0.05, 0.1) is 11.0 Å². The minimum Gasteiger partial charge on any atom is -0.368 e. The predicted molar refractivity (Wildman–Crippen MR) is 61.5 cm³/mol. The largest absolute Gasteiger partial charge is 0.368 e. The first-order valence-electron chi connectivity index (χ1n) is 5.85. The van der Waals surface area contributed by atoms with E-state index in [9.17, 15) is 14.5 Å². The summed E-state index contributed by atoms with van der Waals surface area (Å²) in [6.45, 7) is 0.908. The fourth-order valence-corrected chi connectivity index (χ4v) is 3.07. The van der Waals surface area contributed by atoms with Gasteiger partial charge in [0.25, 0.3) is 5.69 Å². The quantitative estimate of drug-likeness (QED) is 0.586. The van der Waals surface area contributed by atoms with Crippen molar-refractivity contribution in [3.8, 4) is 0 Å². The lowest BCUT2D eigenvalue weighted by Crippen LogP contribution is -2.31. The Morgan fingerprint density at radius 3 is 2.76 bits per heavy atom.